The lowest BCUT2D eigenvalue weighted by atomic mass is 9.93. The van der Waals surface area contributed by atoms with Crippen molar-refractivity contribution in [3.05, 3.63) is 42.3 Å². The highest BCUT2D eigenvalue weighted by atomic mass is 19.1. The number of carbonyl (C=O) groups excluding carboxylic acids is 1. The summed E-state index contributed by atoms with van der Waals surface area (Å²) in [4.78, 5) is 15.7. The Kier molecular flexibility index (Phi) is 5.83. The topological polar surface area (TPSA) is 94.5 Å². The molecule has 0 aliphatic rings. The highest BCUT2D eigenvalue weighted by Gasteiger charge is 2.22. The molecule has 29 heavy (non-hydrogen) atoms. The summed E-state index contributed by atoms with van der Waals surface area (Å²) in [7, 11) is 0. The van der Waals surface area contributed by atoms with Crippen LogP contribution in [0.3, 0.4) is 0 Å². The van der Waals surface area contributed by atoms with Crippen LogP contribution in [0, 0.1) is 11.7 Å². The Bertz CT molecular complexity index is 1030. The number of nitrogens with two attached hydrogens (primary N) is 1. The van der Waals surface area contributed by atoms with Crippen molar-refractivity contribution in [1.82, 2.24) is 14.6 Å². The predicted octanol–water partition coefficient (Wildman–Crippen LogP) is 3.64. The molecule has 8 heteroatoms. The van der Waals surface area contributed by atoms with E-state index in [1.165, 1.54) is 13.0 Å². The number of hydrogen-bond donors (Lipinski definition) is 2. The molecular weight excluding hydrogens is 373 g/mol. The van der Waals surface area contributed by atoms with Crippen LogP contribution in [0.25, 0.3) is 16.9 Å². The molecule has 2 heterocycles. The second-order valence-corrected chi connectivity index (χ2v) is 7.99. The second kappa shape index (κ2) is 8.16. The molecule has 2 aromatic heterocycles. The van der Waals surface area contributed by atoms with Crippen molar-refractivity contribution in [2.75, 3.05) is 11.9 Å². The van der Waals surface area contributed by atoms with Crippen molar-refractivity contribution >= 4 is 17.4 Å². The molecule has 0 aliphatic heterocycles. The number of benzene rings is 1. The van der Waals surface area contributed by atoms with Crippen molar-refractivity contribution in [2.45, 2.75) is 39.7 Å². The number of nitrogens with one attached hydrogen (secondary N) is 1. The van der Waals surface area contributed by atoms with E-state index in [-0.39, 0.29) is 18.3 Å². The fourth-order valence-corrected chi connectivity index (χ4v) is 3.37. The normalized spacial score (nSPS) is 13.5. The van der Waals surface area contributed by atoms with E-state index < -0.39 is 11.4 Å². The highest BCUT2D eigenvalue weighted by Crippen LogP contribution is 2.28. The Balaban J connectivity index is 1.88. The van der Waals surface area contributed by atoms with Gasteiger partial charge in [-0.15, -0.1) is 0 Å². The van der Waals surface area contributed by atoms with Gasteiger partial charge in [0.25, 0.3) is 0 Å². The van der Waals surface area contributed by atoms with Crippen molar-refractivity contribution < 1.29 is 13.9 Å². The van der Waals surface area contributed by atoms with E-state index in [2.05, 4.69) is 29.2 Å². The third kappa shape index (κ3) is 5.08. The molecule has 0 bridgehead atoms. The number of rotatable bonds is 7. The summed E-state index contributed by atoms with van der Waals surface area (Å²) in [5, 5.41) is 6.89. The number of hydrogen-bond acceptors (Lipinski definition) is 5. The lowest BCUT2D eigenvalue weighted by molar-refractivity contribution is -0.114. The lowest BCUT2D eigenvalue weighted by Crippen LogP contribution is -2.43. The number of ether oxygens (including phenoxy) is 1. The third-order valence-electron chi connectivity index (χ3n) is 4.32. The third-order valence-corrected chi connectivity index (χ3v) is 4.32. The van der Waals surface area contributed by atoms with Gasteiger partial charge in [-0.25, -0.2) is 13.9 Å². The van der Waals surface area contributed by atoms with E-state index in [0.717, 1.165) is 6.42 Å². The molecule has 0 saturated carbocycles. The molecule has 154 valence electrons. The molecule has 3 aromatic rings. The molecule has 1 amide bonds. The maximum atomic E-state index is 14.7. The van der Waals surface area contributed by atoms with Gasteiger partial charge in [-0.1, -0.05) is 13.8 Å². The first-order valence-electron chi connectivity index (χ1n) is 9.48. The minimum absolute atomic E-state index is 0.141. The number of fused-ring (bicyclic) bond motifs is 1. The van der Waals surface area contributed by atoms with Crippen molar-refractivity contribution in [2.24, 2.45) is 11.7 Å². The first-order chi connectivity index (χ1) is 13.6. The zero-order chi connectivity index (χ0) is 21.2. The Morgan fingerprint density at radius 2 is 2.10 bits per heavy atom. The monoisotopic (exact) mass is 399 g/mol. The van der Waals surface area contributed by atoms with E-state index in [9.17, 15) is 9.18 Å². The average molecular weight is 399 g/mol. The number of carbonyl (C=O) groups is 1. The van der Waals surface area contributed by atoms with Crippen LogP contribution in [0.15, 0.2) is 36.5 Å². The number of anilines is 1. The molecule has 0 saturated heterocycles. The van der Waals surface area contributed by atoms with Crippen LogP contribution in [0.2, 0.25) is 0 Å². The fraction of sp³-hybridized carbons (Fsp3) is 0.381. The van der Waals surface area contributed by atoms with E-state index in [4.69, 9.17) is 10.5 Å². The maximum Gasteiger partial charge on any atom is 0.222 e. The molecule has 7 nitrogen and oxygen atoms in total. The van der Waals surface area contributed by atoms with Crippen LogP contribution in [-0.2, 0) is 4.79 Å². The van der Waals surface area contributed by atoms with Gasteiger partial charge < -0.3 is 15.8 Å². The van der Waals surface area contributed by atoms with Gasteiger partial charge in [0.2, 0.25) is 5.91 Å². The van der Waals surface area contributed by atoms with Gasteiger partial charge in [-0.3, -0.25) is 4.79 Å². The Hall–Kier alpha value is -3.00. The largest absolute Gasteiger partial charge is 0.489 e. The molecule has 3 rings (SSSR count). The summed E-state index contributed by atoms with van der Waals surface area (Å²) in [6, 6.07) is 8.04. The van der Waals surface area contributed by atoms with E-state index in [1.807, 2.05) is 6.92 Å². The van der Waals surface area contributed by atoms with Gasteiger partial charge in [-0.2, -0.15) is 5.10 Å². The van der Waals surface area contributed by atoms with E-state index in [1.54, 1.807) is 35.0 Å². The molecule has 1 unspecified atom stereocenters. The number of halogens is 1. The summed E-state index contributed by atoms with van der Waals surface area (Å²) in [5.41, 5.74) is 7.42. The summed E-state index contributed by atoms with van der Waals surface area (Å²) >= 11 is 0. The van der Waals surface area contributed by atoms with Crippen LogP contribution < -0.4 is 15.8 Å². The van der Waals surface area contributed by atoms with Crippen LogP contribution in [-0.4, -0.2) is 32.7 Å². The summed E-state index contributed by atoms with van der Waals surface area (Å²) in [6.07, 6.45) is 2.36. The smallest absolute Gasteiger partial charge is 0.222 e. The predicted molar refractivity (Wildman–Crippen MR) is 110 cm³/mol. The highest BCUT2D eigenvalue weighted by molar-refractivity contribution is 5.88. The molecule has 1 atom stereocenters. The Morgan fingerprint density at radius 3 is 2.76 bits per heavy atom. The van der Waals surface area contributed by atoms with Crippen LogP contribution in [0.1, 0.15) is 34.1 Å². The van der Waals surface area contributed by atoms with E-state index in [0.29, 0.717) is 28.6 Å². The van der Waals surface area contributed by atoms with Crippen LogP contribution in [0.4, 0.5) is 10.2 Å². The SMILES string of the molecule is CC(=O)Nc1cc(-c2ccc(OCC(C)(N)CC(C)C)c(F)c2)n2nccc2n1. The zero-order valence-electron chi connectivity index (χ0n) is 17.1. The molecule has 1 aromatic carbocycles. The quantitative estimate of drug-likeness (QED) is 0.633. The lowest BCUT2D eigenvalue weighted by Gasteiger charge is -2.26. The van der Waals surface area contributed by atoms with Gasteiger partial charge >= 0.3 is 0 Å². The summed E-state index contributed by atoms with van der Waals surface area (Å²) in [5.74, 6) is 0.187. The van der Waals surface area contributed by atoms with Crippen molar-refractivity contribution in [3.8, 4) is 17.0 Å². The molecule has 0 radical (unpaired) electrons. The number of amides is 1. The minimum Gasteiger partial charge on any atom is -0.489 e. The summed E-state index contributed by atoms with van der Waals surface area (Å²) in [6.45, 7) is 7.68. The van der Waals surface area contributed by atoms with Gasteiger partial charge in [0.1, 0.15) is 12.4 Å². The number of nitrogens with zero attached hydrogens (tertiary/aromatic N) is 3. The van der Waals surface area contributed by atoms with Crippen LogP contribution >= 0.6 is 0 Å². The fourth-order valence-electron chi connectivity index (χ4n) is 3.37. The van der Waals surface area contributed by atoms with E-state index >= 15 is 0 Å². The molecule has 0 spiro atoms. The van der Waals surface area contributed by atoms with Crippen molar-refractivity contribution in [3.63, 3.8) is 0 Å². The van der Waals surface area contributed by atoms with Gasteiger partial charge in [0.05, 0.1) is 11.9 Å². The molecule has 0 fully saturated rings. The maximum absolute atomic E-state index is 14.7. The second-order valence-electron chi connectivity index (χ2n) is 7.99. The summed E-state index contributed by atoms with van der Waals surface area (Å²) < 4.78 is 22.0. The first kappa shape index (κ1) is 20.7. The standard InChI is InChI=1S/C21H26FN5O2/c1-13(2)11-21(4,23)12-29-18-6-5-15(9-16(18)22)17-10-19(25-14(3)28)26-20-7-8-24-27(17)20/h5-10,13H,11-12,23H2,1-4H3,(H,25,26,28). The van der Waals surface area contributed by atoms with Gasteiger partial charge in [-0.05, 0) is 37.5 Å². The Morgan fingerprint density at radius 1 is 1.34 bits per heavy atom. The minimum atomic E-state index is -0.543. The van der Waals surface area contributed by atoms with Crippen molar-refractivity contribution in [1.29, 1.82) is 0 Å². The van der Waals surface area contributed by atoms with Crippen LogP contribution in [0.5, 0.6) is 5.75 Å². The zero-order valence-corrected chi connectivity index (χ0v) is 17.1. The average Bonchev–Trinajstić information content (AvgIpc) is 3.06. The molecule has 0 aliphatic carbocycles. The van der Waals surface area contributed by atoms with Gasteiger partial charge in [0.15, 0.2) is 17.2 Å². The van der Waals surface area contributed by atoms with Gasteiger partial charge in [0, 0.05) is 30.2 Å². The Labute approximate surface area is 169 Å². The first-order valence-corrected chi connectivity index (χ1v) is 9.48. The number of aromatic nitrogens is 3. The molecular formula is C21H26FN5O2. The molecule has 3 N–H and O–H groups in total.